The van der Waals surface area contributed by atoms with Gasteiger partial charge in [0.25, 0.3) is 0 Å². The number of nitrogens with one attached hydrogen (secondary N) is 1. The van der Waals surface area contributed by atoms with Crippen LogP contribution in [0.2, 0.25) is 0 Å². The molecule has 0 saturated carbocycles. The maximum atomic E-state index is 9.39. The highest BCUT2D eigenvalue weighted by Gasteiger charge is 2.24. The third-order valence-electron chi connectivity index (χ3n) is 3.61. The number of pyridine rings is 1. The van der Waals surface area contributed by atoms with Crippen LogP contribution >= 0.6 is 0 Å². The van der Waals surface area contributed by atoms with Crippen LogP contribution in [0.5, 0.6) is 0 Å². The van der Waals surface area contributed by atoms with Crippen LogP contribution < -0.4 is 5.32 Å². The van der Waals surface area contributed by atoms with Gasteiger partial charge in [0.2, 0.25) is 0 Å². The Hall–Kier alpha value is -0.930. The Morgan fingerprint density at radius 3 is 3.06 bits per heavy atom. The minimum absolute atomic E-state index is 0.160. The van der Waals surface area contributed by atoms with E-state index in [0.717, 1.165) is 12.8 Å². The van der Waals surface area contributed by atoms with Crippen molar-refractivity contribution in [2.24, 2.45) is 5.92 Å². The van der Waals surface area contributed by atoms with Crippen LogP contribution in [0.1, 0.15) is 44.0 Å². The average Bonchev–Trinajstić information content (AvgIpc) is 2.35. The van der Waals surface area contributed by atoms with Crippen LogP contribution in [-0.4, -0.2) is 22.7 Å². The van der Waals surface area contributed by atoms with Gasteiger partial charge in [-0.05, 0) is 36.8 Å². The SMILES string of the molecule is CC(C)[C@@H](CO)NC1CCCc2cccnc21. The lowest BCUT2D eigenvalue weighted by atomic mass is 9.90. The Labute approximate surface area is 103 Å². The van der Waals surface area contributed by atoms with E-state index in [-0.39, 0.29) is 12.6 Å². The first-order chi connectivity index (χ1) is 8.22. The second-order valence-corrected chi connectivity index (χ2v) is 5.19. The van der Waals surface area contributed by atoms with Gasteiger partial charge >= 0.3 is 0 Å². The van der Waals surface area contributed by atoms with Gasteiger partial charge in [-0.2, -0.15) is 0 Å². The molecule has 0 amide bonds. The molecule has 0 saturated heterocycles. The second kappa shape index (κ2) is 5.61. The molecule has 0 fully saturated rings. The van der Waals surface area contributed by atoms with Gasteiger partial charge in [-0.15, -0.1) is 0 Å². The van der Waals surface area contributed by atoms with E-state index in [1.807, 2.05) is 12.3 Å². The number of rotatable bonds is 4. The zero-order chi connectivity index (χ0) is 12.3. The van der Waals surface area contributed by atoms with Gasteiger partial charge in [-0.3, -0.25) is 4.98 Å². The van der Waals surface area contributed by atoms with Crippen LogP contribution in [0.3, 0.4) is 0 Å². The molecule has 2 N–H and O–H groups in total. The highest BCUT2D eigenvalue weighted by Crippen LogP contribution is 2.28. The summed E-state index contributed by atoms with van der Waals surface area (Å²) in [6.07, 6.45) is 5.31. The quantitative estimate of drug-likeness (QED) is 0.838. The van der Waals surface area contributed by atoms with Gasteiger partial charge in [0.1, 0.15) is 0 Å². The van der Waals surface area contributed by atoms with Crippen molar-refractivity contribution in [2.75, 3.05) is 6.61 Å². The minimum Gasteiger partial charge on any atom is -0.395 e. The summed E-state index contributed by atoms with van der Waals surface area (Å²) < 4.78 is 0. The fraction of sp³-hybridized carbons (Fsp3) is 0.643. The van der Waals surface area contributed by atoms with Crippen molar-refractivity contribution in [3.63, 3.8) is 0 Å². The molecular formula is C14H22N2O. The van der Waals surface area contributed by atoms with Gasteiger partial charge < -0.3 is 10.4 Å². The lowest BCUT2D eigenvalue weighted by Gasteiger charge is -2.30. The number of aryl methyl sites for hydroxylation is 1. The lowest BCUT2D eigenvalue weighted by molar-refractivity contribution is 0.194. The maximum Gasteiger partial charge on any atom is 0.0605 e. The van der Waals surface area contributed by atoms with E-state index in [9.17, 15) is 5.11 Å². The first kappa shape index (κ1) is 12.5. The summed E-state index contributed by atoms with van der Waals surface area (Å²) in [6, 6.07) is 4.64. The number of aromatic nitrogens is 1. The maximum absolute atomic E-state index is 9.39. The standard InChI is InChI=1S/C14H22N2O/c1-10(2)13(9-17)16-12-7-3-5-11-6-4-8-15-14(11)12/h4,6,8,10,12-13,16-17H,3,5,7,9H2,1-2H3/t12?,13-/m1/s1. The highest BCUT2D eigenvalue weighted by molar-refractivity contribution is 5.25. The lowest BCUT2D eigenvalue weighted by Crippen LogP contribution is -2.41. The van der Waals surface area contributed by atoms with Crippen molar-refractivity contribution in [3.8, 4) is 0 Å². The van der Waals surface area contributed by atoms with Crippen LogP contribution in [0.4, 0.5) is 0 Å². The van der Waals surface area contributed by atoms with E-state index in [1.165, 1.54) is 17.7 Å². The summed E-state index contributed by atoms with van der Waals surface area (Å²) in [5.74, 6) is 0.439. The Morgan fingerprint density at radius 1 is 1.53 bits per heavy atom. The minimum atomic E-state index is 0.160. The summed E-state index contributed by atoms with van der Waals surface area (Å²) in [5, 5.41) is 12.9. The van der Waals surface area contributed by atoms with Crippen molar-refractivity contribution in [2.45, 2.75) is 45.2 Å². The fourth-order valence-electron chi connectivity index (χ4n) is 2.49. The monoisotopic (exact) mass is 234 g/mol. The molecule has 0 spiro atoms. The molecule has 0 aromatic carbocycles. The predicted molar refractivity (Wildman–Crippen MR) is 68.8 cm³/mol. The molecule has 3 heteroatoms. The number of nitrogens with zero attached hydrogens (tertiary/aromatic N) is 1. The van der Waals surface area contributed by atoms with E-state index in [1.54, 1.807) is 0 Å². The van der Waals surface area contributed by atoms with Crippen LogP contribution in [0.15, 0.2) is 18.3 Å². The molecule has 1 aliphatic carbocycles. The first-order valence-electron chi connectivity index (χ1n) is 6.53. The third kappa shape index (κ3) is 2.85. The predicted octanol–water partition coefficient (Wildman–Crippen LogP) is 2.07. The zero-order valence-corrected chi connectivity index (χ0v) is 10.7. The van der Waals surface area contributed by atoms with E-state index in [4.69, 9.17) is 0 Å². The molecule has 1 aromatic rings. The van der Waals surface area contributed by atoms with Gasteiger partial charge in [-0.25, -0.2) is 0 Å². The van der Waals surface area contributed by atoms with Crippen molar-refractivity contribution in [1.82, 2.24) is 10.3 Å². The number of aliphatic hydroxyl groups is 1. The Kier molecular flexibility index (Phi) is 4.13. The number of hydrogen-bond donors (Lipinski definition) is 2. The van der Waals surface area contributed by atoms with Crippen molar-refractivity contribution in [1.29, 1.82) is 0 Å². The average molecular weight is 234 g/mol. The number of hydrogen-bond acceptors (Lipinski definition) is 3. The number of aliphatic hydroxyl groups excluding tert-OH is 1. The first-order valence-corrected chi connectivity index (χ1v) is 6.53. The van der Waals surface area contributed by atoms with Gasteiger partial charge in [0.05, 0.1) is 18.3 Å². The molecule has 1 heterocycles. The van der Waals surface area contributed by atoms with Crippen LogP contribution in [-0.2, 0) is 6.42 Å². The molecule has 2 rings (SSSR count). The van der Waals surface area contributed by atoms with Gasteiger partial charge in [-0.1, -0.05) is 19.9 Å². The molecule has 0 aliphatic heterocycles. The van der Waals surface area contributed by atoms with Gasteiger partial charge in [0, 0.05) is 12.2 Å². The summed E-state index contributed by atoms with van der Waals surface area (Å²) >= 11 is 0. The van der Waals surface area contributed by atoms with Crippen molar-refractivity contribution >= 4 is 0 Å². The highest BCUT2D eigenvalue weighted by atomic mass is 16.3. The van der Waals surface area contributed by atoms with E-state index in [0.29, 0.717) is 12.0 Å². The normalized spacial score (nSPS) is 21.3. The van der Waals surface area contributed by atoms with E-state index >= 15 is 0 Å². The van der Waals surface area contributed by atoms with E-state index in [2.05, 4.69) is 30.2 Å². The molecule has 1 aliphatic rings. The molecule has 2 atom stereocenters. The largest absolute Gasteiger partial charge is 0.395 e. The fourth-order valence-corrected chi connectivity index (χ4v) is 2.49. The third-order valence-corrected chi connectivity index (χ3v) is 3.61. The summed E-state index contributed by atoms with van der Waals surface area (Å²) in [5.41, 5.74) is 2.54. The summed E-state index contributed by atoms with van der Waals surface area (Å²) in [7, 11) is 0. The molecule has 94 valence electrons. The van der Waals surface area contributed by atoms with Crippen LogP contribution in [0.25, 0.3) is 0 Å². The zero-order valence-electron chi connectivity index (χ0n) is 10.7. The Morgan fingerprint density at radius 2 is 2.35 bits per heavy atom. The van der Waals surface area contributed by atoms with Crippen molar-refractivity contribution in [3.05, 3.63) is 29.6 Å². The molecule has 1 aromatic heterocycles. The topological polar surface area (TPSA) is 45.1 Å². The molecule has 0 radical (unpaired) electrons. The van der Waals surface area contributed by atoms with Crippen LogP contribution in [0, 0.1) is 5.92 Å². The van der Waals surface area contributed by atoms with E-state index < -0.39 is 0 Å². The Balaban J connectivity index is 2.13. The second-order valence-electron chi connectivity index (χ2n) is 5.19. The molecule has 3 nitrogen and oxygen atoms in total. The molecule has 17 heavy (non-hydrogen) atoms. The number of fused-ring (bicyclic) bond motifs is 1. The Bertz CT molecular complexity index is 365. The van der Waals surface area contributed by atoms with Gasteiger partial charge in [0.15, 0.2) is 0 Å². The summed E-state index contributed by atoms with van der Waals surface area (Å²) in [4.78, 5) is 4.50. The molecule has 0 bridgehead atoms. The summed E-state index contributed by atoms with van der Waals surface area (Å²) in [6.45, 7) is 4.46. The van der Waals surface area contributed by atoms with Crippen molar-refractivity contribution < 1.29 is 5.11 Å². The molecular weight excluding hydrogens is 212 g/mol. The molecule has 1 unspecified atom stereocenters. The smallest absolute Gasteiger partial charge is 0.0605 e.